The zero-order valence-corrected chi connectivity index (χ0v) is 19.8. The predicted molar refractivity (Wildman–Crippen MR) is 130 cm³/mol. The minimum Gasteiger partial charge on any atom is -0.352 e. The van der Waals surface area contributed by atoms with Gasteiger partial charge in [-0.25, -0.2) is 4.98 Å². The fourth-order valence-corrected chi connectivity index (χ4v) is 5.99. The Morgan fingerprint density at radius 2 is 1.94 bits per heavy atom. The molecule has 6 nitrogen and oxygen atoms in total. The lowest BCUT2D eigenvalue weighted by Gasteiger charge is -2.30. The van der Waals surface area contributed by atoms with Gasteiger partial charge in [-0.05, 0) is 57.2 Å². The van der Waals surface area contributed by atoms with Crippen LogP contribution in [0.4, 0.5) is 0 Å². The first-order valence-corrected chi connectivity index (χ1v) is 12.8. The topological polar surface area (TPSA) is 65.5 Å². The van der Waals surface area contributed by atoms with Crippen molar-refractivity contribution in [2.24, 2.45) is 5.92 Å². The van der Waals surface area contributed by atoms with Gasteiger partial charge in [-0.2, -0.15) is 0 Å². The van der Waals surface area contributed by atoms with Crippen molar-refractivity contribution < 1.29 is 9.59 Å². The van der Waals surface area contributed by atoms with Gasteiger partial charge in [-0.3, -0.25) is 9.59 Å². The fourth-order valence-electron chi connectivity index (χ4n) is 5.99. The molecule has 1 saturated carbocycles. The molecule has 1 N–H and O–H groups in total. The van der Waals surface area contributed by atoms with E-state index in [-0.39, 0.29) is 17.9 Å². The van der Waals surface area contributed by atoms with Gasteiger partial charge < -0.3 is 15.1 Å². The van der Waals surface area contributed by atoms with E-state index in [2.05, 4.69) is 17.1 Å². The number of hydrogen-bond acceptors (Lipinski definition) is 4. The van der Waals surface area contributed by atoms with E-state index in [1.165, 1.54) is 38.6 Å². The molecule has 2 aromatic rings. The van der Waals surface area contributed by atoms with E-state index in [4.69, 9.17) is 4.98 Å². The van der Waals surface area contributed by atoms with E-state index < -0.39 is 0 Å². The number of piperidine rings is 1. The average Bonchev–Trinajstić information content (AvgIpc) is 3.16. The lowest BCUT2D eigenvalue weighted by Crippen LogP contribution is -2.37. The summed E-state index contributed by atoms with van der Waals surface area (Å²) < 4.78 is 0. The predicted octanol–water partition coefficient (Wildman–Crippen LogP) is 4.38. The minimum absolute atomic E-state index is 0.00378. The number of aromatic nitrogens is 1. The number of hydrogen-bond donors (Lipinski definition) is 1. The molecule has 1 aromatic carbocycles. The molecule has 0 spiro atoms. The second-order valence-corrected chi connectivity index (χ2v) is 10.2. The first-order valence-electron chi connectivity index (χ1n) is 12.8. The number of amides is 2. The molecule has 2 fully saturated rings. The van der Waals surface area contributed by atoms with Gasteiger partial charge in [0.2, 0.25) is 0 Å². The highest BCUT2D eigenvalue weighted by Crippen LogP contribution is 2.34. The second kappa shape index (κ2) is 9.80. The van der Waals surface area contributed by atoms with Crippen LogP contribution in [0.25, 0.3) is 10.9 Å². The molecule has 33 heavy (non-hydrogen) atoms. The van der Waals surface area contributed by atoms with Crippen molar-refractivity contribution in [2.75, 3.05) is 26.2 Å². The minimum atomic E-state index is -0.0739. The third kappa shape index (κ3) is 4.63. The van der Waals surface area contributed by atoms with Crippen LogP contribution in [0, 0.1) is 5.92 Å². The van der Waals surface area contributed by atoms with Crippen molar-refractivity contribution in [2.45, 2.75) is 70.9 Å². The number of nitrogens with zero attached hydrogens (tertiary/aromatic N) is 3. The highest BCUT2D eigenvalue weighted by molar-refractivity contribution is 6.11. The Balaban J connectivity index is 1.33. The Morgan fingerprint density at radius 3 is 2.76 bits per heavy atom. The summed E-state index contributed by atoms with van der Waals surface area (Å²) in [5.41, 5.74) is 2.66. The van der Waals surface area contributed by atoms with Crippen molar-refractivity contribution in [1.82, 2.24) is 20.1 Å². The number of carbonyl (C=O) groups is 2. The first kappa shape index (κ1) is 22.3. The summed E-state index contributed by atoms with van der Waals surface area (Å²) in [6.45, 7) is 6.82. The van der Waals surface area contributed by atoms with Crippen molar-refractivity contribution >= 4 is 22.7 Å². The number of nitrogens with one attached hydrogen (secondary N) is 1. The molecule has 6 heteroatoms. The third-order valence-corrected chi connectivity index (χ3v) is 7.71. The number of rotatable bonds is 6. The molecule has 1 aliphatic carbocycles. The number of fused-ring (bicyclic) bond motifs is 2. The Labute approximate surface area is 196 Å². The molecule has 2 aliphatic heterocycles. The zero-order valence-electron chi connectivity index (χ0n) is 19.8. The first-order chi connectivity index (χ1) is 16.1. The Morgan fingerprint density at radius 1 is 1.12 bits per heavy atom. The molecule has 1 atom stereocenters. The molecule has 0 unspecified atom stereocenters. The normalized spacial score (nSPS) is 22.0. The molecule has 5 rings (SSSR count). The van der Waals surface area contributed by atoms with Gasteiger partial charge in [-0.1, -0.05) is 44.4 Å². The van der Waals surface area contributed by atoms with E-state index >= 15 is 0 Å². The molecule has 3 aliphatic rings. The van der Waals surface area contributed by atoms with Crippen LogP contribution in [0.15, 0.2) is 24.3 Å². The maximum Gasteiger partial charge on any atom is 0.273 e. The van der Waals surface area contributed by atoms with Crippen LogP contribution in [0.5, 0.6) is 0 Å². The van der Waals surface area contributed by atoms with E-state index in [1.807, 2.05) is 29.2 Å². The van der Waals surface area contributed by atoms with Crippen molar-refractivity contribution in [3.05, 3.63) is 41.1 Å². The lowest BCUT2D eigenvalue weighted by molar-refractivity contribution is 0.0655. The molecule has 1 aromatic heterocycles. The Hall–Kier alpha value is -2.47. The fraction of sp³-hybridized carbons (Fsp3) is 0.593. The van der Waals surface area contributed by atoms with Crippen LogP contribution < -0.4 is 5.32 Å². The Bertz CT molecular complexity index is 1030. The molecule has 3 heterocycles. The van der Waals surface area contributed by atoms with Gasteiger partial charge in [-0.15, -0.1) is 0 Å². The largest absolute Gasteiger partial charge is 0.352 e. The number of carbonyl (C=O) groups excluding carboxylic acids is 2. The van der Waals surface area contributed by atoms with Gasteiger partial charge in [0.15, 0.2) is 0 Å². The molecular weight excluding hydrogens is 412 g/mol. The summed E-state index contributed by atoms with van der Waals surface area (Å²) in [7, 11) is 0. The number of pyridine rings is 1. The maximum atomic E-state index is 13.4. The van der Waals surface area contributed by atoms with Crippen LogP contribution in [0.3, 0.4) is 0 Å². The standard InChI is InChI=1S/C27H36N4O2/c1-19-9-7-15-30(17-19)16-8-14-28-26(32)24-21-12-5-6-13-23(21)29-25-22(24)18-31(27(25)33)20-10-3-2-4-11-20/h5-6,12-13,19-20H,2-4,7-11,14-18H2,1H3,(H,28,32)/t19-/m1/s1. The summed E-state index contributed by atoms with van der Waals surface area (Å²) in [5.74, 6) is 0.690. The molecule has 176 valence electrons. The van der Waals surface area contributed by atoms with Gasteiger partial charge in [0.05, 0.1) is 11.1 Å². The lowest BCUT2D eigenvalue weighted by atomic mass is 9.94. The number of para-hydroxylation sites is 1. The average molecular weight is 449 g/mol. The molecule has 1 saturated heterocycles. The summed E-state index contributed by atoms with van der Waals surface area (Å²) in [6.07, 6.45) is 9.23. The van der Waals surface area contributed by atoms with E-state index in [0.29, 0.717) is 24.3 Å². The maximum absolute atomic E-state index is 13.4. The van der Waals surface area contributed by atoms with Crippen LogP contribution in [-0.4, -0.2) is 58.8 Å². The third-order valence-electron chi connectivity index (χ3n) is 7.71. The quantitative estimate of drug-likeness (QED) is 0.666. The summed E-state index contributed by atoms with van der Waals surface area (Å²) in [4.78, 5) is 35.9. The monoisotopic (exact) mass is 448 g/mol. The molecule has 0 bridgehead atoms. The molecule has 0 radical (unpaired) electrons. The van der Waals surface area contributed by atoms with Gasteiger partial charge in [0.1, 0.15) is 5.69 Å². The highest BCUT2D eigenvalue weighted by Gasteiger charge is 2.37. The van der Waals surface area contributed by atoms with E-state index in [1.54, 1.807) is 0 Å². The summed E-state index contributed by atoms with van der Waals surface area (Å²) >= 11 is 0. The Kier molecular flexibility index (Phi) is 6.63. The molecular formula is C27H36N4O2. The van der Waals surface area contributed by atoms with Gasteiger partial charge >= 0.3 is 0 Å². The van der Waals surface area contributed by atoms with Crippen molar-refractivity contribution in [3.8, 4) is 0 Å². The van der Waals surface area contributed by atoms with E-state index in [0.717, 1.165) is 54.7 Å². The van der Waals surface area contributed by atoms with Crippen LogP contribution >= 0.6 is 0 Å². The highest BCUT2D eigenvalue weighted by atomic mass is 16.2. The van der Waals surface area contributed by atoms with Crippen molar-refractivity contribution in [3.63, 3.8) is 0 Å². The van der Waals surface area contributed by atoms with E-state index in [9.17, 15) is 9.59 Å². The number of benzene rings is 1. The number of likely N-dealkylation sites (tertiary alicyclic amines) is 1. The van der Waals surface area contributed by atoms with Crippen LogP contribution in [0.1, 0.15) is 84.7 Å². The zero-order chi connectivity index (χ0) is 22.8. The van der Waals surface area contributed by atoms with Crippen LogP contribution in [0.2, 0.25) is 0 Å². The van der Waals surface area contributed by atoms with Crippen LogP contribution in [-0.2, 0) is 6.54 Å². The second-order valence-electron chi connectivity index (χ2n) is 10.2. The summed E-state index contributed by atoms with van der Waals surface area (Å²) in [5, 5.41) is 4.00. The molecule has 2 amide bonds. The van der Waals surface area contributed by atoms with Crippen molar-refractivity contribution in [1.29, 1.82) is 0 Å². The van der Waals surface area contributed by atoms with Gasteiger partial charge in [0, 0.05) is 36.6 Å². The summed E-state index contributed by atoms with van der Waals surface area (Å²) in [6, 6.07) is 7.99. The van der Waals surface area contributed by atoms with Gasteiger partial charge in [0.25, 0.3) is 11.8 Å². The SMILES string of the molecule is C[C@@H]1CCCN(CCCNC(=O)c2c3c(nc4ccccc24)C(=O)N(C2CCCCC2)C3)C1. The smallest absolute Gasteiger partial charge is 0.273 e.